The minimum absolute atomic E-state index is 0.620. The molecule has 3 unspecified atom stereocenters. The van der Waals surface area contributed by atoms with Gasteiger partial charge in [0.25, 0.3) is 0 Å². The van der Waals surface area contributed by atoms with Crippen molar-refractivity contribution in [3.05, 3.63) is 20.8 Å². The summed E-state index contributed by atoms with van der Waals surface area (Å²) in [6.07, 6.45) is 7.11. The van der Waals surface area contributed by atoms with Crippen molar-refractivity contribution in [2.24, 2.45) is 17.8 Å². The van der Waals surface area contributed by atoms with Crippen LogP contribution in [-0.4, -0.2) is 6.54 Å². The van der Waals surface area contributed by atoms with E-state index < -0.39 is 0 Å². The van der Waals surface area contributed by atoms with E-state index in [1.54, 1.807) is 0 Å². The zero-order valence-electron chi connectivity index (χ0n) is 11.0. The minimum Gasteiger partial charge on any atom is -0.309 e. The maximum Gasteiger partial charge on any atom is 0.0701 e. The first-order valence-corrected chi connectivity index (χ1v) is 8.91. The van der Waals surface area contributed by atoms with Crippen LogP contribution in [0.15, 0.2) is 15.9 Å². The van der Waals surface area contributed by atoms with Crippen LogP contribution < -0.4 is 5.32 Å². The zero-order valence-corrected chi connectivity index (χ0v) is 13.4. The Hall–Kier alpha value is 0.140. The van der Waals surface area contributed by atoms with E-state index in [-0.39, 0.29) is 0 Å². The summed E-state index contributed by atoms with van der Waals surface area (Å²) in [6, 6.07) is 5.13. The molecule has 3 atom stereocenters. The molecular weight excluding hydrogens is 306 g/mol. The van der Waals surface area contributed by atoms with Gasteiger partial charge in [-0.1, -0.05) is 19.8 Å². The number of rotatable bonds is 5. The molecule has 18 heavy (non-hydrogen) atoms. The first-order chi connectivity index (χ1) is 8.81. The van der Waals surface area contributed by atoms with Gasteiger partial charge in [-0.2, -0.15) is 0 Å². The third-order valence-electron chi connectivity index (χ3n) is 4.62. The lowest BCUT2D eigenvalue weighted by Gasteiger charge is -2.17. The molecule has 0 saturated heterocycles. The Morgan fingerprint density at radius 2 is 2.06 bits per heavy atom. The third kappa shape index (κ3) is 2.54. The number of hydrogen-bond acceptors (Lipinski definition) is 2. The average molecular weight is 328 g/mol. The minimum atomic E-state index is 0.620. The van der Waals surface area contributed by atoms with Gasteiger partial charge in [0.1, 0.15) is 0 Å². The van der Waals surface area contributed by atoms with Gasteiger partial charge in [0.2, 0.25) is 0 Å². The largest absolute Gasteiger partial charge is 0.309 e. The Kier molecular flexibility index (Phi) is 4.12. The van der Waals surface area contributed by atoms with Gasteiger partial charge in [-0.3, -0.25) is 0 Å². The lowest BCUT2D eigenvalue weighted by molar-refractivity contribution is 0.452. The normalized spacial score (nSPS) is 32.0. The Balaban J connectivity index is 1.74. The van der Waals surface area contributed by atoms with E-state index in [1.165, 1.54) is 40.8 Å². The van der Waals surface area contributed by atoms with E-state index >= 15 is 0 Å². The van der Waals surface area contributed by atoms with Crippen LogP contribution in [0, 0.1) is 17.8 Å². The van der Waals surface area contributed by atoms with E-state index in [1.807, 2.05) is 11.3 Å². The van der Waals surface area contributed by atoms with E-state index in [0.29, 0.717) is 6.04 Å². The highest BCUT2D eigenvalue weighted by Gasteiger charge is 2.54. The van der Waals surface area contributed by atoms with Gasteiger partial charge in [-0.05, 0) is 71.6 Å². The molecule has 1 aromatic heterocycles. The summed E-state index contributed by atoms with van der Waals surface area (Å²) in [5.41, 5.74) is 0. The van der Waals surface area contributed by atoms with Crippen molar-refractivity contribution in [2.75, 3.05) is 6.54 Å². The second-order valence-corrected chi connectivity index (χ2v) is 8.26. The van der Waals surface area contributed by atoms with Crippen LogP contribution in [0.4, 0.5) is 0 Å². The molecule has 3 heteroatoms. The molecule has 0 spiro atoms. The van der Waals surface area contributed by atoms with Crippen molar-refractivity contribution < 1.29 is 0 Å². The third-order valence-corrected chi connectivity index (χ3v) is 6.33. The fraction of sp³-hybridized carbons (Fsp3) is 0.733. The summed E-state index contributed by atoms with van der Waals surface area (Å²) in [7, 11) is 0. The van der Waals surface area contributed by atoms with Crippen LogP contribution in [0.25, 0.3) is 0 Å². The molecule has 1 heterocycles. The summed E-state index contributed by atoms with van der Waals surface area (Å²) in [5.74, 6) is 2.97. The van der Waals surface area contributed by atoms with Crippen molar-refractivity contribution in [3.8, 4) is 0 Å². The maximum atomic E-state index is 3.81. The standard InChI is InChI=1S/C15H22BrNS/c1-2-9-17-15(12-7-8-13(16)18-12)14-10-5-3-4-6-11(10)14/h7-8,10-11,14-15,17H,2-6,9H2,1H3. The van der Waals surface area contributed by atoms with Crippen molar-refractivity contribution in [1.82, 2.24) is 5.32 Å². The van der Waals surface area contributed by atoms with E-state index in [9.17, 15) is 0 Å². The van der Waals surface area contributed by atoms with Gasteiger partial charge in [0.05, 0.1) is 3.79 Å². The number of thiophene rings is 1. The van der Waals surface area contributed by atoms with E-state index in [0.717, 1.165) is 24.3 Å². The van der Waals surface area contributed by atoms with Crippen LogP contribution in [0.5, 0.6) is 0 Å². The number of nitrogens with one attached hydrogen (secondary N) is 1. The van der Waals surface area contributed by atoms with E-state index in [4.69, 9.17) is 0 Å². The topological polar surface area (TPSA) is 12.0 Å². The molecule has 0 bridgehead atoms. The Morgan fingerprint density at radius 3 is 2.61 bits per heavy atom. The van der Waals surface area contributed by atoms with Gasteiger partial charge in [0, 0.05) is 10.9 Å². The molecule has 0 aromatic carbocycles. The van der Waals surface area contributed by atoms with Crippen LogP contribution in [-0.2, 0) is 0 Å². The van der Waals surface area contributed by atoms with Gasteiger partial charge >= 0.3 is 0 Å². The molecule has 1 nitrogen and oxygen atoms in total. The number of fused-ring (bicyclic) bond motifs is 1. The van der Waals surface area contributed by atoms with Gasteiger partial charge in [-0.25, -0.2) is 0 Å². The maximum absolute atomic E-state index is 3.81. The second-order valence-electron chi connectivity index (χ2n) is 5.76. The molecule has 2 aliphatic rings. The van der Waals surface area contributed by atoms with Crippen LogP contribution in [0.3, 0.4) is 0 Å². The fourth-order valence-electron chi connectivity index (χ4n) is 3.76. The predicted octanol–water partition coefficient (Wildman–Crippen LogP) is 4.99. The molecule has 1 aromatic rings. The highest BCUT2D eigenvalue weighted by Crippen LogP contribution is 2.60. The molecule has 0 amide bonds. The molecule has 1 N–H and O–H groups in total. The molecule has 0 aliphatic heterocycles. The highest BCUT2D eigenvalue weighted by molar-refractivity contribution is 9.11. The van der Waals surface area contributed by atoms with Crippen molar-refractivity contribution in [2.45, 2.75) is 45.1 Å². The molecule has 0 radical (unpaired) electrons. The molecule has 2 aliphatic carbocycles. The second kappa shape index (κ2) is 5.64. The first kappa shape index (κ1) is 13.1. The first-order valence-electron chi connectivity index (χ1n) is 7.30. The molecule has 2 fully saturated rings. The smallest absolute Gasteiger partial charge is 0.0701 e. The highest BCUT2D eigenvalue weighted by atomic mass is 79.9. The average Bonchev–Trinajstić information content (AvgIpc) is 2.95. The Labute approximate surface area is 122 Å². The molecule has 100 valence electrons. The zero-order chi connectivity index (χ0) is 12.5. The lowest BCUT2D eigenvalue weighted by atomic mass is 10.0. The SMILES string of the molecule is CCCNC(c1ccc(Br)s1)C1C2CCCCC21. The lowest BCUT2D eigenvalue weighted by Crippen LogP contribution is -2.24. The monoisotopic (exact) mass is 327 g/mol. The van der Waals surface area contributed by atoms with Crippen LogP contribution in [0.2, 0.25) is 0 Å². The summed E-state index contributed by atoms with van der Waals surface area (Å²) in [6.45, 7) is 3.41. The summed E-state index contributed by atoms with van der Waals surface area (Å²) in [4.78, 5) is 1.54. The fourth-order valence-corrected chi connectivity index (χ4v) is 5.32. The quantitative estimate of drug-likeness (QED) is 0.803. The summed E-state index contributed by atoms with van der Waals surface area (Å²) >= 11 is 5.52. The number of halogens is 1. The summed E-state index contributed by atoms with van der Waals surface area (Å²) in [5, 5.41) is 3.81. The van der Waals surface area contributed by atoms with Gasteiger partial charge in [-0.15, -0.1) is 11.3 Å². The van der Waals surface area contributed by atoms with E-state index in [2.05, 4.69) is 40.3 Å². The molecule has 3 rings (SSSR count). The summed E-state index contributed by atoms with van der Waals surface area (Å²) < 4.78 is 1.27. The Bertz CT molecular complexity index is 391. The molecular formula is C15H22BrNS. The predicted molar refractivity (Wildman–Crippen MR) is 82.0 cm³/mol. The molecule has 2 saturated carbocycles. The number of hydrogen-bond donors (Lipinski definition) is 1. The van der Waals surface area contributed by atoms with Crippen molar-refractivity contribution in [1.29, 1.82) is 0 Å². The van der Waals surface area contributed by atoms with Gasteiger partial charge in [0.15, 0.2) is 0 Å². The Morgan fingerprint density at radius 1 is 1.33 bits per heavy atom. The van der Waals surface area contributed by atoms with Crippen LogP contribution >= 0.6 is 27.3 Å². The van der Waals surface area contributed by atoms with Crippen molar-refractivity contribution >= 4 is 27.3 Å². The van der Waals surface area contributed by atoms with Gasteiger partial charge < -0.3 is 5.32 Å². The van der Waals surface area contributed by atoms with Crippen molar-refractivity contribution in [3.63, 3.8) is 0 Å². The van der Waals surface area contributed by atoms with Crippen LogP contribution in [0.1, 0.15) is 49.9 Å².